The average molecular weight is 204 g/mol. The van der Waals surface area contributed by atoms with Crippen LogP contribution in [0.3, 0.4) is 0 Å². The lowest BCUT2D eigenvalue weighted by atomic mass is 10.2. The Balaban J connectivity index is 2.86. The second kappa shape index (κ2) is 4.27. The fourth-order valence-corrected chi connectivity index (χ4v) is 0.991. The molecular formula is C7H6F2N2OS. The van der Waals surface area contributed by atoms with Crippen LogP contribution in [0.2, 0.25) is 0 Å². The lowest BCUT2D eigenvalue weighted by Gasteiger charge is -1.98. The molecule has 70 valence electrons. The van der Waals surface area contributed by atoms with E-state index < -0.39 is 12.2 Å². The monoisotopic (exact) mass is 204 g/mol. The number of aromatic nitrogens is 2. The van der Waals surface area contributed by atoms with Crippen LogP contribution in [0.5, 0.6) is 0 Å². The molecule has 1 heterocycles. The van der Waals surface area contributed by atoms with Gasteiger partial charge in [0.05, 0.1) is 5.56 Å². The van der Waals surface area contributed by atoms with Gasteiger partial charge in [-0.05, 0) is 6.26 Å². The summed E-state index contributed by atoms with van der Waals surface area (Å²) in [5.41, 5.74) is -0.159. The molecule has 0 bridgehead atoms. The van der Waals surface area contributed by atoms with Gasteiger partial charge in [-0.15, -0.1) is 0 Å². The molecule has 0 saturated carbocycles. The lowest BCUT2D eigenvalue weighted by molar-refractivity contribution is 0.0677. The van der Waals surface area contributed by atoms with Gasteiger partial charge in [-0.3, -0.25) is 4.79 Å². The Labute approximate surface area is 77.6 Å². The molecule has 0 aromatic carbocycles. The predicted molar refractivity (Wildman–Crippen MR) is 44.1 cm³/mol. The Morgan fingerprint density at radius 2 is 2.00 bits per heavy atom. The summed E-state index contributed by atoms with van der Waals surface area (Å²) in [7, 11) is 0. The SMILES string of the molecule is CSc1ncc(C(=O)C(F)F)cn1. The maximum absolute atomic E-state index is 11.9. The van der Waals surface area contributed by atoms with Gasteiger partial charge < -0.3 is 0 Å². The summed E-state index contributed by atoms with van der Waals surface area (Å²) in [6.45, 7) is 0. The van der Waals surface area contributed by atoms with E-state index in [0.29, 0.717) is 5.16 Å². The molecule has 0 spiro atoms. The fraction of sp³-hybridized carbons (Fsp3) is 0.286. The van der Waals surface area contributed by atoms with Gasteiger partial charge in [0.1, 0.15) is 0 Å². The molecule has 1 aromatic heterocycles. The predicted octanol–water partition coefficient (Wildman–Crippen LogP) is 1.65. The molecule has 0 atom stereocenters. The molecule has 0 aliphatic carbocycles. The summed E-state index contributed by atoms with van der Waals surface area (Å²) in [6.07, 6.45) is 0.966. The Hall–Kier alpha value is -1.04. The zero-order chi connectivity index (χ0) is 9.84. The highest BCUT2D eigenvalue weighted by molar-refractivity contribution is 7.98. The molecule has 0 aliphatic heterocycles. The van der Waals surface area contributed by atoms with E-state index in [1.54, 1.807) is 6.26 Å². The molecule has 0 saturated heterocycles. The number of Topliss-reactive ketones (excluding diaryl/α,β-unsaturated/α-hetero) is 1. The highest BCUT2D eigenvalue weighted by Gasteiger charge is 2.18. The molecule has 1 rings (SSSR count). The second-order valence-electron chi connectivity index (χ2n) is 2.12. The largest absolute Gasteiger partial charge is 0.300 e. The Morgan fingerprint density at radius 3 is 2.38 bits per heavy atom. The number of nitrogens with zero attached hydrogens (tertiary/aromatic N) is 2. The number of carbonyl (C=O) groups is 1. The van der Waals surface area contributed by atoms with Crippen molar-refractivity contribution in [2.75, 3.05) is 6.26 Å². The third-order valence-electron chi connectivity index (χ3n) is 1.29. The van der Waals surface area contributed by atoms with Gasteiger partial charge in [0.25, 0.3) is 0 Å². The Morgan fingerprint density at radius 1 is 1.46 bits per heavy atom. The van der Waals surface area contributed by atoms with Gasteiger partial charge in [0.15, 0.2) is 5.16 Å². The van der Waals surface area contributed by atoms with Crippen LogP contribution in [0.25, 0.3) is 0 Å². The minimum absolute atomic E-state index is 0.159. The van der Waals surface area contributed by atoms with Crippen molar-refractivity contribution < 1.29 is 13.6 Å². The first-order chi connectivity index (χ1) is 6.15. The standard InChI is InChI=1S/C7H6F2N2OS/c1-13-7-10-2-4(3-11-7)5(12)6(8)9/h2-3,6H,1H3. The molecule has 0 N–H and O–H groups in total. The number of alkyl halides is 2. The van der Waals surface area contributed by atoms with Crippen LogP contribution in [0.1, 0.15) is 10.4 Å². The maximum Gasteiger partial charge on any atom is 0.300 e. The molecular weight excluding hydrogens is 198 g/mol. The topological polar surface area (TPSA) is 42.9 Å². The van der Waals surface area contributed by atoms with Crippen LogP contribution in [-0.2, 0) is 0 Å². The molecule has 0 amide bonds. The summed E-state index contributed by atoms with van der Waals surface area (Å²) in [6, 6.07) is 0. The summed E-state index contributed by atoms with van der Waals surface area (Å²) in [4.78, 5) is 18.1. The van der Waals surface area contributed by atoms with E-state index in [-0.39, 0.29) is 5.56 Å². The van der Waals surface area contributed by atoms with Gasteiger partial charge in [-0.1, -0.05) is 11.8 Å². The lowest BCUT2D eigenvalue weighted by Crippen LogP contribution is -2.10. The minimum Gasteiger partial charge on any atom is -0.288 e. The van der Waals surface area contributed by atoms with Crippen LogP contribution in [-0.4, -0.2) is 28.4 Å². The van der Waals surface area contributed by atoms with Gasteiger partial charge in [-0.2, -0.15) is 0 Å². The van der Waals surface area contributed by atoms with Crippen molar-refractivity contribution in [3.8, 4) is 0 Å². The van der Waals surface area contributed by atoms with Crippen molar-refractivity contribution in [3.63, 3.8) is 0 Å². The molecule has 0 radical (unpaired) electrons. The van der Waals surface area contributed by atoms with Crippen LogP contribution in [0.15, 0.2) is 17.6 Å². The van der Waals surface area contributed by atoms with Crippen molar-refractivity contribution in [2.45, 2.75) is 11.6 Å². The Bertz CT molecular complexity index is 302. The van der Waals surface area contributed by atoms with Gasteiger partial charge in [0, 0.05) is 12.4 Å². The molecule has 1 aromatic rings. The molecule has 0 aliphatic rings. The third kappa shape index (κ3) is 2.45. The zero-order valence-corrected chi connectivity index (χ0v) is 7.52. The number of halogens is 2. The van der Waals surface area contributed by atoms with Crippen molar-refractivity contribution in [3.05, 3.63) is 18.0 Å². The first-order valence-corrected chi connectivity index (χ1v) is 4.56. The normalized spacial score (nSPS) is 10.5. The third-order valence-corrected chi connectivity index (χ3v) is 1.87. The number of carbonyl (C=O) groups excluding carboxylic acids is 1. The molecule has 13 heavy (non-hydrogen) atoms. The Kier molecular flexibility index (Phi) is 3.30. The van der Waals surface area contributed by atoms with Crippen molar-refractivity contribution in [1.82, 2.24) is 9.97 Å². The highest BCUT2D eigenvalue weighted by atomic mass is 32.2. The highest BCUT2D eigenvalue weighted by Crippen LogP contribution is 2.09. The van der Waals surface area contributed by atoms with Gasteiger partial charge >= 0.3 is 6.43 Å². The summed E-state index contributed by atoms with van der Waals surface area (Å²) < 4.78 is 23.8. The van der Waals surface area contributed by atoms with E-state index in [1.165, 1.54) is 11.8 Å². The van der Waals surface area contributed by atoms with Crippen LogP contribution in [0.4, 0.5) is 8.78 Å². The average Bonchev–Trinajstić information content (AvgIpc) is 2.17. The van der Waals surface area contributed by atoms with Gasteiger partial charge in [0.2, 0.25) is 5.78 Å². The van der Waals surface area contributed by atoms with Crippen molar-refractivity contribution in [1.29, 1.82) is 0 Å². The van der Waals surface area contributed by atoms with E-state index in [2.05, 4.69) is 9.97 Å². The van der Waals surface area contributed by atoms with E-state index in [4.69, 9.17) is 0 Å². The number of hydrogen-bond donors (Lipinski definition) is 0. The molecule has 6 heteroatoms. The number of ketones is 1. The van der Waals surface area contributed by atoms with Crippen molar-refractivity contribution >= 4 is 17.5 Å². The summed E-state index contributed by atoms with van der Waals surface area (Å²) in [5, 5.41) is 0.450. The summed E-state index contributed by atoms with van der Waals surface area (Å²) >= 11 is 1.28. The quantitative estimate of drug-likeness (QED) is 0.426. The van der Waals surface area contributed by atoms with Crippen LogP contribution >= 0.6 is 11.8 Å². The second-order valence-corrected chi connectivity index (χ2v) is 2.90. The maximum atomic E-state index is 11.9. The number of hydrogen-bond acceptors (Lipinski definition) is 4. The van der Waals surface area contributed by atoms with E-state index in [0.717, 1.165) is 12.4 Å². The molecule has 0 fully saturated rings. The first-order valence-electron chi connectivity index (χ1n) is 3.33. The van der Waals surface area contributed by atoms with E-state index >= 15 is 0 Å². The zero-order valence-electron chi connectivity index (χ0n) is 6.70. The van der Waals surface area contributed by atoms with Crippen LogP contribution in [0, 0.1) is 0 Å². The number of rotatable bonds is 3. The minimum atomic E-state index is -3.00. The van der Waals surface area contributed by atoms with Gasteiger partial charge in [-0.25, -0.2) is 18.7 Å². The molecule has 3 nitrogen and oxygen atoms in total. The van der Waals surface area contributed by atoms with E-state index in [9.17, 15) is 13.6 Å². The van der Waals surface area contributed by atoms with Crippen LogP contribution < -0.4 is 0 Å². The van der Waals surface area contributed by atoms with E-state index in [1.807, 2.05) is 0 Å². The smallest absolute Gasteiger partial charge is 0.288 e. The van der Waals surface area contributed by atoms with Crippen molar-refractivity contribution in [2.24, 2.45) is 0 Å². The first kappa shape index (κ1) is 10.0. The fourth-order valence-electron chi connectivity index (χ4n) is 0.675. The number of thioether (sulfide) groups is 1. The summed E-state index contributed by atoms with van der Waals surface area (Å²) in [5.74, 6) is -1.24. The molecule has 0 unspecified atom stereocenters.